The molecular formula is H5CaCsO4S. The fourth-order valence-electron chi connectivity index (χ4n) is 0. The van der Waals surface area contributed by atoms with Gasteiger partial charge in [0.15, 0.2) is 0 Å². The van der Waals surface area contributed by atoms with E-state index in [0.29, 0.717) is 0 Å². The van der Waals surface area contributed by atoms with E-state index in [1.807, 2.05) is 0 Å². The summed E-state index contributed by atoms with van der Waals surface area (Å²) in [5.41, 5.74) is 0. The minimum absolute atomic E-state index is 0. The summed E-state index contributed by atoms with van der Waals surface area (Å²) >= 11 is 0. The second kappa shape index (κ2) is 7.29. The second-order valence-corrected chi connectivity index (χ2v) is 1.34. The van der Waals surface area contributed by atoms with Gasteiger partial charge in [0.05, 0.1) is 0 Å². The van der Waals surface area contributed by atoms with Crippen LogP contribution in [0.25, 0.3) is 0 Å². The average molecular weight is 274 g/mol. The van der Waals surface area contributed by atoms with Gasteiger partial charge in [-0.3, -0.25) is 9.11 Å². The zero-order valence-electron chi connectivity index (χ0n) is 2.12. The molecule has 7 heavy (non-hydrogen) atoms. The van der Waals surface area contributed by atoms with Gasteiger partial charge in [0.25, 0.3) is 0 Å². The van der Waals surface area contributed by atoms with Crippen molar-refractivity contribution >= 4 is 117 Å². The van der Waals surface area contributed by atoms with Gasteiger partial charge >= 0.3 is 117 Å². The van der Waals surface area contributed by atoms with E-state index >= 15 is 0 Å². The molecule has 0 radical (unpaired) electrons. The van der Waals surface area contributed by atoms with E-state index in [1.54, 1.807) is 0 Å². The van der Waals surface area contributed by atoms with Crippen LogP contribution in [-0.2, 0) is 10.4 Å². The molecule has 0 spiro atoms. The summed E-state index contributed by atoms with van der Waals surface area (Å²) in [6, 6.07) is 0. The van der Waals surface area contributed by atoms with Gasteiger partial charge in [-0.05, 0) is 0 Å². The molecule has 0 aromatic heterocycles. The molecule has 7 heteroatoms. The van der Waals surface area contributed by atoms with Crippen molar-refractivity contribution < 1.29 is 17.5 Å². The normalized spacial score (nSPS) is 8.29. The van der Waals surface area contributed by atoms with E-state index in [1.165, 1.54) is 0 Å². The van der Waals surface area contributed by atoms with Crippen LogP contribution in [0.2, 0.25) is 0 Å². The van der Waals surface area contributed by atoms with Crippen LogP contribution in [0.4, 0.5) is 0 Å². The topological polar surface area (TPSA) is 74.6 Å². The van der Waals surface area contributed by atoms with Gasteiger partial charge < -0.3 is 0 Å². The van der Waals surface area contributed by atoms with Gasteiger partial charge in [-0.1, -0.05) is 0 Å². The molecule has 0 unspecified atom stereocenters. The Morgan fingerprint density at radius 2 is 1.14 bits per heavy atom. The first kappa shape index (κ1) is 16.6. The Morgan fingerprint density at radius 3 is 1.14 bits per heavy atom. The van der Waals surface area contributed by atoms with Crippen LogP contribution in [0, 0.1) is 0 Å². The van der Waals surface area contributed by atoms with Crippen molar-refractivity contribution in [3.63, 3.8) is 0 Å². The molecule has 0 aliphatic rings. The Bertz CT molecular complexity index is 94.9. The summed E-state index contributed by atoms with van der Waals surface area (Å²) in [5, 5.41) is 0. The predicted molar refractivity (Wildman–Crippen MR) is 29.9 cm³/mol. The predicted octanol–water partition coefficient (Wildman–Crippen LogP) is -2.22. The Kier molecular flexibility index (Phi) is 17.3. The standard InChI is InChI=1S/Ca.Cs.H2O4S.3H/c;;1-5(2,3)4;;;/h;;(H2,1,2,3,4);;;. The first-order valence-corrected chi connectivity index (χ1v) is 2.10. The summed E-state index contributed by atoms with van der Waals surface area (Å²) < 4.78 is 31.6. The summed E-state index contributed by atoms with van der Waals surface area (Å²) in [6.07, 6.45) is 0. The van der Waals surface area contributed by atoms with Crippen LogP contribution in [0.3, 0.4) is 0 Å². The molecule has 0 aromatic rings. The molecule has 0 atom stereocenters. The van der Waals surface area contributed by atoms with Crippen molar-refractivity contribution in [1.29, 1.82) is 0 Å². The van der Waals surface area contributed by atoms with E-state index in [4.69, 9.17) is 17.5 Å². The molecule has 0 aromatic carbocycles. The molecule has 4 nitrogen and oxygen atoms in total. The fourth-order valence-corrected chi connectivity index (χ4v) is 0. The van der Waals surface area contributed by atoms with Gasteiger partial charge in [0.1, 0.15) is 0 Å². The Balaban J connectivity index is -0.0000000800. The van der Waals surface area contributed by atoms with Crippen LogP contribution < -0.4 is 0 Å². The van der Waals surface area contributed by atoms with E-state index in [2.05, 4.69) is 0 Å². The van der Waals surface area contributed by atoms with Crippen LogP contribution in [0.1, 0.15) is 0 Å². The molecule has 38 valence electrons. The summed E-state index contributed by atoms with van der Waals surface area (Å²) in [4.78, 5) is 0. The number of hydrogen-bond acceptors (Lipinski definition) is 2. The summed E-state index contributed by atoms with van der Waals surface area (Å²) in [6.45, 7) is 0. The van der Waals surface area contributed by atoms with E-state index in [0.717, 1.165) is 0 Å². The molecule has 0 amide bonds. The minimum atomic E-state index is -4.67. The van der Waals surface area contributed by atoms with Crippen LogP contribution in [0.15, 0.2) is 0 Å². The molecule has 0 fully saturated rings. The van der Waals surface area contributed by atoms with E-state index in [9.17, 15) is 0 Å². The van der Waals surface area contributed by atoms with Crippen molar-refractivity contribution in [1.82, 2.24) is 0 Å². The molecule has 2 N–H and O–H groups in total. The van der Waals surface area contributed by atoms with E-state index in [-0.39, 0.29) is 107 Å². The molecular weight excluding hydrogens is 269 g/mol. The number of hydrogen-bond donors (Lipinski definition) is 2. The van der Waals surface area contributed by atoms with Crippen LogP contribution >= 0.6 is 0 Å². The molecule has 0 saturated carbocycles. The number of rotatable bonds is 0. The van der Waals surface area contributed by atoms with Crippen molar-refractivity contribution in [3.05, 3.63) is 0 Å². The Hall–Kier alpha value is 3.18. The maximum atomic E-state index is 8.74. The second-order valence-electron chi connectivity index (χ2n) is 0.448. The van der Waals surface area contributed by atoms with Gasteiger partial charge in [-0.2, -0.15) is 8.42 Å². The quantitative estimate of drug-likeness (QED) is 0.388. The van der Waals surface area contributed by atoms with Crippen molar-refractivity contribution in [2.45, 2.75) is 0 Å². The van der Waals surface area contributed by atoms with Crippen molar-refractivity contribution in [2.75, 3.05) is 0 Å². The molecule has 0 aliphatic carbocycles. The third-order valence-electron chi connectivity index (χ3n) is 0. The van der Waals surface area contributed by atoms with Gasteiger partial charge in [0, 0.05) is 0 Å². The van der Waals surface area contributed by atoms with Crippen LogP contribution in [0.5, 0.6) is 0 Å². The van der Waals surface area contributed by atoms with Crippen LogP contribution in [-0.4, -0.2) is 124 Å². The van der Waals surface area contributed by atoms with E-state index < -0.39 is 10.4 Å². The van der Waals surface area contributed by atoms with Gasteiger partial charge in [0.2, 0.25) is 0 Å². The van der Waals surface area contributed by atoms with Crippen molar-refractivity contribution in [2.24, 2.45) is 0 Å². The monoisotopic (exact) mass is 274 g/mol. The fraction of sp³-hybridized carbons (Fsp3) is 0. The third kappa shape index (κ3) is 46.8. The first-order chi connectivity index (χ1) is 2.00. The molecule has 0 heterocycles. The molecule has 0 saturated heterocycles. The molecule has 0 rings (SSSR count). The first-order valence-electron chi connectivity index (χ1n) is 0.698. The molecule has 0 bridgehead atoms. The Morgan fingerprint density at radius 1 is 1.14 bits per heavy atom. The third-order valence-corrected chi connectivity index (χ3v) is 0. The zero-order valence-corrected chi connectivity index (χ0v) is 2.94. The van der Waals surface area contributed by atoms with Crippen molar-refractivity contribution in [3.8, 4) is 0 Å². The maximum absolute atomic E-state index is 8.74. The summed E-state index contributed by atoms with van der Waals surface area (Å²) in [5.74, 6) is 0. The van der Waals surface area contributed by atoms with Gasteiger partial charge in [-0.15, -0.1) is 0 Å². The SMILES string of the molecule is O=S(=O)(O)O.[CaH2].[CsH]. The molecule has 0 aliphatic heterocycles. The summed E-state index contributed by atoms with van der Waals surface area (Å²) in [7, 11) is -4.67. The Labute approximate surface area is 130 Å². The zero-order chi connectivity index (χ0) is 4.50. The average Bonchev–Trinajstić information content (AvgIpc) is 0.722. The van der Waals surface area contributed by atoms with Gasteiger partial charge in [-0.25, -0.2) is 0 Å².